The summed E-state index contributed by atoms with van der Waals surface area (Å²) in [5.41, 5.74) is 2.41. The lowest BCUT2D eigenvalue weighted by Gasteiger charge is -2.41. The quantitative estimate of drug-likeness (QED) is 0.894. The Kier molecular flexibility index (Phi) is 3.38. The number of fused-ring (bicyclic) bond motifs is 1. The Balaban J connectivity index is 2.06. The number of nitrogens with one attached hydrogen (secondary N) is 1. The summed E-state index contributed by atoms with van der Waals surface area (Å²) in [6.45, 7) is 6.64. The van der Waals surface area contributed by atoms with Crippen molar-refractivity contribution in [3.8, 4) is 0 Å². The first-order valence-electron chi connectivity index (χ1n) is 7.13. The van der Waals surface area contributed by atoms with Gasteiger partial charge in [0.15, 0.2) is 0 Å². The van der Waals surface area contributed by atoms with E-state index in [0.29, 0.717) is 12.1 Å². The maximum absolute atomic E-state index is 4.46. The molecule has 1 aliphatic heterocycles. The van der Waals surface area contributed by atoms with Crippen molar-refractivity contribution in [2.45, 2.75) is 32.4 Å². The minimum absolute atomic E-state index is 0.537. The van der Waals surface area contributed by atoms with Gasteiger partial charge in [0.25, 0.3) is 0 Å². The first kappa shape index (κ1) is 12.4. The zero-order chi connectivity index (χ0) is 13.2. The van der Waals surface area contributed by atoms with Crippen LogP contribution in [0.3, 0.4) is 0 Å². The molecule has 2 aromatic rings. The number of aromatic nitrogens is 1. The van der Waals surface area contributed by atoms with Gasteiger partial charge in [-0.3, -0.25) is 4.98 Å². The van der Waals surface area contributed by atoms with Gasteiger partial charge in [-0.25, -0.2) is 0 Å². The topological polar surface area (TPSA) is 28.2 Å². The van der Waals surface area contributed by atoms with Crippen LogP contribution in [-0.4, -0.2) is 30.2 Å². The van der Waals surface area contributed by atoms with Crippen LogP contribution in [0.4, 0.5) is 5.69 Å². The van der Waals surface area contributed by atoms with Gasteiger partial charge in [-0.05, 0) is 37.6 Å². The largest absolute Gasteiger partial charge is 0.365 e. The summed E-state index contributed by atoms with van der Waals surface area (Å²) in [6, 6.07) is 11.7. The van der Waals surface area contributed by atoms with Crippen LogP contribution in [0.1, 0.15) is 20.3 Å². The van der Waals surface area contributed by atoms with Gasteiger partial charge < -0.3 is 10.2 Å². The fourth-order valence-electron chi connectivity index (χ4n) is 2.95. The van der Waals surface area contributed by atoms with Gasteiger partial charge in [0, 0.05) is 42.4 Å². The maximum atomic E-state index is 4.46. The van der Waals surface area contributed by atoms with E-state index in [1.54, 1.807) is 0 Å². The Morgan fingerprint density at radius 1 is 1.32 bits per heavy atom. The lowest BCUT2D eigenvalue weighted by atomic mass is 10.0. The molecule has 100 valence electrons. The first-order valence-corrected chi connectivity index (χ1v) is 7.13. The molecule has 2 atom stereocenters. The van der Waals surface area contributed by atoms with Gasteiger partial charge in [-0.15, -0.1) is 0 Å². The lowest BCUT2D eigenvalue weighted by molar-refractivity contribution is 0.403. The van der Waals surface area contributed by atoms with Gasteiger partial charge in [-0.2, -0.15) is 0 Å². The molecule has 2 unspecified atom stereocenters. The Morgan fingerprint density at radius 3 is 3.05 bits per heavy atom. The molecule has 19 heavy (non-hydrogen) atoms. The Morgan fingerprint density at radius 2 is 2.21 bits per heavy atom. The monoisotopic (exact) mass is 255 g/mol. The highest BCUT2D eigenvalue weighted by molar-refractivity contribution is 5.91. The molecule has 3 rings (SSSR count). The summed E-state index contributed by atoms with van der Waals surface area (Å²) in [7, 11) is 0. The number of piperazine rings is 1. The van der Waals surface area contributed by atoms with Crippen LogP contribution in [0, 0.1) is 0 Å². The number of benzene rings is 1. The predicted molar refractivity (Wildman–Crippen MR) is 80.6 cm³/mol. The van der Waals surface area contributed by atoms with Crippen molar-refractivity contribution in [2.24, 2.45) is 0 Å². The number of hydrogen-bond acceptors (Lipinski definition) is 3. The molecule has 1 aliphatic rings. The van der Waals surface area contributed by atoms with E-state index in [2.05, 4.69) is 53.3 Å². The lowest BCUT2D eigenvalue weighted by Crippen LogP contribution is -2.55. The van der Waals surface area contributed by atoms with Gasteiger partial charge in [0.1, 0.15) is 0 Å². The highest BCUT2D eigenvalue weighted by atomic mass is 15.2. The van der Waals surface area contributed by atoms with E-state index in [0.717, 1.165) is 25.0 Å². The summed E-state index contributed by atoms with van der Waals surface area (Å²) in [4.78, 5) is 7.01. The van der Waals surface area contributed by atoms with Crippen LogP contribution < -0.4 is 10.2 Å². The molecular formula is C16H21N3. The molecular weight excluding hydrogens is 234 g/mol. The van der Waals surface area contributed by atoms with E-state index in [1.807, 2.05) is 12.3 Å². The summed E-state index contributed by atoms with van der Waals surface area (Å²) >= 11 is 0. The average molecular weight is 255 g/mol. The molecule has 0 amide bonds. The molecule has 1 saturated heterocycles. The molecule has 0 aliphatic carbocycles. The molecule has 1 N–H and O–H groups in total. The molecule has 1 aromatic heterocycles. The molecule has 2 heterocycles. The predicted octanol–water partition coefficient (Wildman–Crippen LogP) is 2.81. The maximum Gasteiger partial charge on any atom is 0.0722 e. The minimum Gasteiger partial charge on any atom is -0.365 e. The molecule has 0 radical (unpaired) electrons. The number of nitrogens with zero attached hydrogens (tertiary/aromatic N) is 2. The fourth-order valence-corrected chi connectivity index (χ4v) is 2.95. The van der Waals surface area contributed by atoms with Crippen LogP contribution in [0.5, 0.6) is 0 Å². The fraction of sp³-hybridized carbons (Fsp3) is 0.438. The Labute approximate surface area is 114 Å². The third-order valence-electron chi connectivity index (χ3n) is 4.02. The SMILES string of the molecule is CCC1CNC(C)CN1c1cccc2ncccc12. The number of hydrogen-bond donors (Lipinski definition) is 1. The van der Waals surface area contributed by atoms with E-state index in [-0.39, 0.29) is 0 Å². The number of pyridine rings is 1. The standard InChI is InChI=1S/C16H21N3/c1-3-13-10-18-12(2)11-19(13)16-8-4-7-15-14(16)6-5-9-17-15/h4-9,12-13,18H,3,10-11H2,1-2H3. The Hall–Kier alpha value is -1.61. The first-order chi connectivity index (χ1) is 9.29. The highest BCUT2D eigenvalue weighted by Gasteiger charge is 2.25. The minimum atomic E-state index is 0.537. The zero-order valence-electron chi connectivity index (χ0n) is 11.6. The third-order valence-corrected chi connectivity index (χ3v) is 4.02. The number of anilines is 1. The normalized spacial score (nSPS) is 23.8. The highest BCUT2D eigenvalue weighted by Crippen LogP contribution is 2.29. The second-order valence-electron chi connectivity index (χ2n) is 5.37. The van der Waals surface area contributed by atoms with E-state index in [1.165, 1.54) is 11.1 Å². The van der Waals surface area contributed by atoms with Gasteiger partial charge in [0.05, 0.1) is 5.52 Å². The smallest absolute Gasteiger partial charge is 0.0722 e. The average Bonchev–Trinajstić information content (AvgIpc) is 2.46. The second kappa shape index (κ2) is 5.17. The van der Waals surface area contributed by atoms with Crippen molar-refractivity contribution in [1.82, 2.24) is 10.3 Å². The summed E-state index contributed by atoms with van der Waals surface area (Å²) in [6.07, 6.45) is 3.03. The molecule has 0 saturated carbocycles. The molecule has 3 heteroatoms. The van der Waals surface area contributed by atoms with Crippen molar-refractivity contribution in [3.63, 3.8) is 0 Å². The Bertz CT molecular complexity index is 561. The van der Waals surface area contributed by atoms with Gasteiger partial charge in [0.2, 0.25) is 0 Å². The third kappa shape index (κ3) is 2.30. The zero-order valence-corrected chi connectivity index (χ0v) is 11.6. The van der Waals surface area contributed by atoms with Gasteiger partial charge in [-0.1, -0.05) is 13.0 Å². The van der Waals surface area contributed by atoms with Crippen molar-refractivity contribution >= 4 is 16.6 Å². The summed E-state index contributed by atoms with van der Waals surface area (Å²) in [5.74, 6) is 0. The van der Waals surface area contributed by atoms with Crippen molar-refractivity contribution in [2.75, 3.05) is 18.0 Å². The van der Waals surface area contributed by atoms with Crippen LogP contribution in [0.15, 0.2) is 36.5 Å². The van der Waals surface area contributed by atoms with Gasteiger partial charge >= 0.3 is 0 Å². The molecule has 3 nitrogen and oxygen atoms in total. The molecule has 1 fully saturated rings. The van der Waals surface area contributed by atoms with E-state index in [9.17, 15) is 0 Å². The van der Waals surface area contributed by atoms with Crippen LogP contribution in [-0.2, 0) is 0 Å². The van der Waals surface area contributed by atoms with Crippen molar-refractivity contribution in [1.29, 1.82) is 0 Å². The second-order valence-corrected chi connectivity index (χ2v) is 5.37. The van der Waals surface area contributed by atoms with Crippen LogP contribution in [0.25, 0.3) is 10.9 Å². The van der Waals surface area contributed by atoms with Crippen molar-refractivity contribution in [3.05, 3.63) is 36.5 Å². The van der Waals surface area contributed by atoms with E-state index >= 15 is 0 Å². The van der Waals surface area contributed by atoms with Crippen LogP contribution >= 0.6 is 0 Å². The summed E-state index contributed by atoms with van der Waals surface area (Å²) < 4.78 is 0. The molecule has 0 bridgehead atoms. The van der Waals surface area contributed by atoms with Crippen LogP contribution in [0.2, 0.25) is 0 Å². The summed E-state index contributed by atoms with van der Waals surface area (Å²) in [5, 5.41) is 4.84. The van der Waals surface area contributed by atoms with Crippen molar-refractivity contribution < 1.29 is 0 Å². The van der Waals surface area contributed by atoms with E-state index < -0.39 is 0 Å². The van der Waals surface area contributed by atoms with E-state index in [4.69, 9.17) is 0 Å². The molecule has 0 spiro atoms. The molecule has 1 aromatic carbocycles. The number of rotatable bonds is 2.